The first-order chi connectivity index (χ1) is 16.0. The fourth-order valence-corrected chi connectivity index (χ4v) is 4.73. The number of rotatable bonds is 6. The van der Waals surface area contributed by atoms with Crippen LogP contribution in [0.3, 0.4) is 0 Å². The number of hydrogen-bond acceptors (Lipinski definition) is 6. The molecule has 10 heteroatoms. The Balaban J connectivity index is 1.44. The summed E-state index contributed by atoms with van der Waals surface area (Å²) in [6.45, 7) is 0.189. The summed E-state index contributed by atoms with van der Waals surface area (Å²) in [4.78, 5) is 39.0. The molecule has 0 radical (unpaired) electrons. The van der Waals surface area contributed by atoms with Gasteiger partial charge in [0.15, 0.2) is 11.5 Å². The topological polar surface area (TPSA) is 91.6 Å². The number of aromatic nitrogens is 2. The predicted octanol–water partition coefficient (Wildman–Crippen LogP) is 2.97. The summed E-state index contributed by atoms with van der Waals surface area (Å²) in [7, 11) is 0. The van der Waals surface area contributed by atoms with Gasteiger partial charge in [-0.3, -0.25) is 18.7 Å². The second kappa shape index (κ2) is 8.76. The third-order valence-corrected chi connectivity index (χ3v) is 6.61. The Bertz CT molecular complexity index is 1490. The first kappa shape index (κ1) is 21.3. The quantitative estimate of drug-likeness (QED) is 0.455. The van der Waals surface area contributed by atoms with Gasteiger partial charge in [-0.05, 0) is 40.8 Å². The lowest BCUT2D eigenvalue weighted by molar-refractivity contribution is -0.121. The largest absolute Gasteiger partial charge is 0.454 e. The molecule has 5 rings (SSSR count). The Labute approximate surface area is 196 Å². The molecule has 4 aromatic rings. The summed E-state index contributed by atoms with van der Waals surface area (Å²) in [6.07, 6.45) is 0. The van der Waals surface area contributed by atoms with Gasteiger partial charge in [-0.25, -0.2) is 4.79 Å². The highest BCUT2D eigenvalue weighted by molar-refractivity contribution is 7.17. The van der Waals surface area contributed by atoms with Crippen molar-refractivity contribution in [3.8, 4) is 11.5 Å². The Kier molecular flexibility index (Phi) is 5.65. The van der Waals surface area contributed by atoms with E-state index in [0.29, 0.717) is 32.3 Å². The van der Waals surface area contributed by atoms with Crippen molar-refractivity contribution < 1.29 is 14.3 Å². The van der Waals surface area contributed by atoms with E-state index in [1.165, 1.54) is 15.9 Å². The van der Waals surface area contributed by atoms with Crippen LogP contribution in [0.25, 0.3) is 10.2 Å². The molecule has 0 fully saturated rings. The molecule has 1 amide bonds. The van der Waals surface area contributed by atoms with Gasteiger partial charge in [0, 0.05) is 11.6 Å². The molecule has 1 aliphatic heterocycles. The molecule has 168 valence electrons. The first-order valence-corrected chi connectivity index (χ1v) is 11.4. The van der Waals surface area contributed by atoms with E-state index >= 15 is 0 Å². The number of nitrogens with one attached hydrogen (secondary N) is 1. The van der Waals surface area contributed by atoms with Crippen molar-refractivity contribution >= 4 is 39.1 Å². The summed E-state index contributed by atoms with van der Waals surface area (Å²) < 4.78 is 13.6. The van der Waals surface area contributed by atoms with Crippen LogP contribution in [-0.4, -0.2) is 21.8 Å². The second-order valence-electron chi connectivity index (χ2n) is 7.45. The molecule has 3 heterocycles. The van der Waals surface area contributed by atoms with E-state index in [4.69, 9.17) is 21.1 Å². The molecule has 33 heavy (non-hydrogen) atoms. The van der Waals surface area contributed by atoms with Crippen LogP contribution in [0.1, 0.15) is 11.1 Å². The molecule has 0 saturated heterocycles. The third kappa shape index (κ3) is 4.12. The number of carbonyl (C=O) groups excluding carboxylic acids is 1. The maximum atomic E-state index is 13.3. The van der Waals surface area contributed by atoms with Gasteiger partial charge in [-0.2, -0.15) is 0 Å². The van der Waals surface area contributed by atoms with Gasteiger partial charge in [0.1, 0.15) is 11.2 Å². The summed E-state index contributed by atoms with van der Waals surface area (Å²) in [6, 6.07) is 14.1. The predicted molar refractivity (Wildman–Crippen MR) is 125 cm³/mol. The van der Waals surface area contributed by atoms with E-state index in [-0.39, 0.29) is 32.3 Å². The number of thiophene rings is 1. The van der Waals surface area contributed by atoms with Crippen LogP contribution in [0, 0.1) is 0 Å². The number of carbonyl (C=O) groups is 1. The summed E-state index contributed by atoms with van der Waals surface area (Å²) in [5.41, 5.74) is 0.967. The molecule has 2 aromatic carbocycles. The molecule has 0 unspecified atom stereocenters. The summed E-state index contributed by atoms with van der Waals surface area (Å²) in [5, 5.41) is 5.07. The fraction of sp³-hybridized carbons (Fsp3) is 0.174. The number of benzene rings is 2. The monoisotopic (exact) mass is 483 g/mol. The van der Waals surface area contributed by atoms with Crippen molar-refractivity contribution in [2.24, 2.45) is 0 Å². The van der Waals surface area contributed by atoms with Crippen molar-refractivity contribution in [1.29, 1.82) is 0 Å². The van der Waals surface area contributed by atoms with Crippen molar-refractivity contribution in [2.75, 3.05) is 6.79 Å². The average Bonchev–Trinajstić information content (AvgIpc) is 3.48. The van der Waals surface area contributed by atoms with Gasteiger partial charge in [-0.1, -0.05) is 35.9 Å². The van der Waals surface area contributed by atoms with Crippen LogP contribution in [-0.2, 0) is 24.4 Å². The SMILES string of the molecule is O=C(Cn1c(=O)n(Cc2ccc3c(c2)OCO3)c(=O)c2sccc21)NCc1ccccc1Cl. The van der Waals surface area contributed by atoms with Crippen LogP contribution >= 0.6 is 22.9 Å². The van der Waals surface area contributed by atoms with E-state index in [0.717, 1.165) is 10.1 Å². The lowest BCUT2D eigenvalue weighted by Gasteiger charge is -2.13. The lowest BCUT2D eigenvalue weighted by atomic mass is 10.2. The highest BCUT2D eigenvalue weighted by atomic mass is 35.5. The highest BCUT2D eigenvalue weighted by Crippen LogP contribution is 2.32. The maximum Gasteiger partial charge on any atom is 0.332 e. The van der Waals surface area contributed by atoms with Crippen molar-refractivity contribution in [1.82, 2.24) is 14.5 Å². The maximum absolute atomic E-state index is 13.3. The van der Waals surface area contributed by atoms with E-state index in [1.807, 2.05) is 18.2 Å². The molecule has 0 aliphatic carbocycles. The molecule has 8 nitrogen and oxygen atoms in total. The highest BCUT2D eigenvalue weighted by Gasteiger charge is 2.18. The average molecular weight is 484 g/mol. The molecule has 2 aromatic heterocycles. The molecule has 1 N–H and O–H groups in total. The molecule has 0 bridgehead atoms. The zero-order chi connectivity index (χ0) is 22.9. The van der Waals surface area contributed by atoms with Crippen LogP contribution < -0.4 is 26.0 Å². The van der Waals surface area contributed by atoms with Crippen LogP contribution in [0.15, 0.2) is 63.5 Å². The summed E-state index contributed by atoms with van der Waals surface area (Å²) in [5.74, 6) is 0.822. The minimum Gasteiger partial charge on any atom is -0.454 e. The fourth-order valence-electron chi connectivity index (χ4n) is 3.68. The van der Waals surface area contributed by atoms with Gasteiger partial charge in [0.25, 0.3) is 5.56 Å². The van der Waals surface area contributed by atoms with E-state index in [2.05, 4.69) is 5.32 Å². The Hall–Kier alpha value is -3.56. The zero-order valence-corrected chi connectivity index (χ0v) is 18.8. The normalized spacial score (nSPS) is 12.3. The van der Waals surface area contributed by atoms with Crippen molar-refractivity contribution in [3.63, 3.8) is 0 Å². The number of hydrogen-bond donors (Lipinski definition) is 1. The smallest absolute Gasteiger partial charge is 0.332 e. The van der Waals surface area contributed by atoms with E-state index in [9.17, 15) is 14.4 Å². The molecular formula is C23H18ClN3O5S. The minimum absolute atomic E-state index is 0.0450. The van der Waals surface area contributed by atoms with Crippen LogP contribution in [0.5, 0.6) is 11.5 Å². The molecule has 0 atom stereocenters. The van der Waals surface area contributed by atoms with Gasteiger partial charge in [0.2, 0.25) is 12.7 Å². The number of amides is 1. The molecule has 1 aliphatic rings. The number of nitrogens with zero attached hydrogens (tertiary/aromatic N) is 2. The minimum atomic E-state index is -0.559. The molecule has 0 saturated carbocycles. The standard InChI is InChI=1S/C23H18ClN3O5S/c24-16-4-2-1-3-15(16)10-25-20(28)12-26-17-7-8-33-21(17)22(29)27(23(26)30)11-14-5-6-18-19(9-14)32-13-31-18/h1-9H,10-13H2,(H,25,28). The number of halogens is 1. The van der Waals surface area contributed by atoms with Crippen LogP contribution in [0.2, 0.25) is 5.02 Å². The van der Waals surface area contributed by atoms with Crippen molar-refractivity contribution in [2.45, 2.75) is 19.6 Å². The number of fused-ring (bicyclic) bond motifs is 2. The number of ether oxygens (including phenoxy) is 2. The Morgan fingerprint density at radius 2 is 1.88 bits per heavy atom. The first-order valence-electron chi connectivity index (χ1n) is 10.1. The zero-order valence-electron chi connectivity index (χ0n) is 17.2. The Morgan fingerprint density at radius 3 is 2.73 bits per heavy atom. The summed E-state index contributed by atoms with van der Waals surface area (Å²) >= 11 is 7.38. The van der Waals surface area contributed by atoms with Crippen molar-refractivity contribution in [3.05, 3.63) is 90.9 Å². The Morgan fingerprint density at radius 1 is 1.06 bits per heavy atom. The van der Waals surface area contributed by atoms with Gasteiger partial charge in [0.05, 0.1) is 12.1 Å². The van der Waals surface area contributed by atoms with Crippen LogP contribution in [0.4, 0.5) is 0 Å². The van der Waals surface area contributed by atoms with E-state index < -0.39 is 11.2 Å². The second-order valence-corrected chi connectivity index (χ2v) is 8.77. The third-order valence-electron chi connectivity index (χ3n) is 5.35. The van der Waals surface area contributed by atoms with Gasteiger partial charge in [-0.15, -0.1) is 11.3 Å². The van der Waals surface area contributed by atoms with Gasteiger partial charge < -0.3 is 14.8 Å². The van der Waals surface area contributed by atoms with Gasteiger partial charge >= 0.3 is 5.69 Å². The lowest BCUT2D eigenvalue weighted by Crippen LogP contribution is -2.42. The van der Waals surface area contributed by atoms with E-state index in [1.54, 1.807) is 35.7 Å². The molecular weight excluding hydrogens is 466 g/mol. The molecule has 0 spiro atoms.